The van der Waals surface area contributed by atoms with Crippen molar-refractivity contribution in [3.63, 3.8) is 0 Å². The maximum Gasteiger partial charge on any atom is 0.337 e. The number of halogens is 1. The second-order valence-electron chi connectivity index (χ2n) is 8.58. The van der Waals surface area contributed by atoms with E-state index < -0.39 is 5.97 Å². The van der Waals surface area contributed by atoms with E-state index in [-0.39, 0.29) is 5.91 Å². The lowest BCUT2D eigenvalue weighted by molar-refractivity contribution is 0.0600. The summed E-state index contributed by atoms with van der Waals surface area (Å²) in [5, 5.41) is 3.82. The fourth-order valence-electron chi connectivity index (χ4n) is 4.41. The zero-order chi connectivity index (χ0) is 26.1. The second-order valence-corrected chi connectivity index (χ2v) is 9.50. The molecule has 0 bridgehead atoms. The summed E-state index contributed by atoms with van der Waals surface area (Å²) in [5.74, 6) is -0.746. The van der Waals surface area contributed by atoms with E-state index in [0.29, 0.717) is 27.9 Å². The maximum atomic E-state index is 14.0. The predicted molar refractivity (Wildman–Crippen MR) is 148 cm³/mol. The van der Waals surface area contributed by atoms with Gasteiger partial charge >= 0.3 is 5.97 Å². The van der Waals surface area contributed by atoms with Gasteiger partial charge in [0.15, 0.2) is 0 Å². The molecule has 2 heterocycles. The summed E-state index contributed by atoms with van der Waals surface area (Å²) >= 11 is 3.53. The van der Waals surface area contributed by atoms with Gasteiger partial charge in [0.05, 0.1) is 53.4 Å². The number of fused-ring (bicyclic) bond motifs is 1. The Labute approximate surface area is 222 Å². The fourth-order valence-corrected chi connectivity index (χ4v) is 4.77. The molecule has 1 N–H and O–H groups in total. The molecule has 0 aliphatic heterocycles. The highest BCUT2D eigenvalue weighted by Gasteiger charge is 2.22. The molecule has 5 rings (SSSR count). The van der Waals surface area contributed by atoms with Gasteiger partial charge in [-0.1, -0.05) is 46.3 Å². The number of rotatable bonds is 5. The lowest BCUT2D eigenvalue weighted by Crippen LogP contribution is -2.16. The van der Waals surface area contributed by atoms with Crippen molar-refractivity contribution in [3.05, 3.63) is 100 Å². The van der Waals surface area contributed by atoms with Crippen molar-refractivity contribution >= 4 is 44.4 Å². The van der Waals surface area contributed by atoms with Crippen LogP contribution in [0.5, 0.6) is 0 Å². The summed E-state index contributed by atoms with van der Waals surface area (Å²) in [4.78, 5) is 35.3. The Morgan fingerprint density at radius 3 is 2.51 bits per heavy atom. The zero-order valence-corrected chi connectivity index (χ0v) is 22.0. The van der Waals surface area contributed by atoms with E-state index in [1.807, 2.05) is 67.1 Å². The highest BCUT2D eigenvalue weighted by atomic mass is 79.9. The molecule has 0 aliphatic rings. The smallest absolute Gasteiger partial charge is 0.337 e. The number of carbonyl (C=O) groups is 2. The SMILES string of the molecule is COC(=O)c1ccc(NC(=O)c2c(C)c(-c3ccccc3)nc3ccc(Br)cc23)c(-c2cncn2C)c1. The molecule has 0 fully saturated rings. The molecular formula is C29H23BrN4O3. The largest absolute Gasteiger partial charge is 0.465 e. The van der Waals surface area contributed by atoms with E-state index >= 15 is 0 Å². The fraction of sp³-hybridized carbons (Fsp3) is 0.103. The molecule has 0 radical (unpaired) electrons. The van der Waals surface area contributed by atoms with E-state index in [9.17, 15) is 9.59 Å². The number of ether oxygens (including phenoxy) is 1. The molecule has 0 aliphatic carbocycles. The quantitative estimate of drug-likeness (QED) is 0.253. The zero-order valence-electron chi connectivity index (χ0n) is 20.4. The number of pyridine rings is 1. The number of aromatic nitrogens is 3. The topological polar surface area (TPSA) is 86.1 Å². The molecule has 3 aromatic carbocycles. The van der Waals surface area contributed by atoms with Crippen molar-refractivity contribution in [2.45, 2.75) is 6.92 Å². The molecule has 2 aromatic heterocycles. The minimum Gasteiger partial charge on any atom is -0.465 e. The Kier molecular flexibility index (Phi) is 6.58. The molecule has 0 saturated heterocycles. The maximum absolute atomic E-state index is 14.0. The van der Waals surface area contributed by atoms with Gasteiger partial charge in [0.25, 0.3) is 5.91 Å². The number of carbonyl (C=O) groups excluding carboxylic acids is 2. The van der Waals surface area contributed by atoms with Gasteiger partial charge in [-0.05, 0) is 48.9 Å². The average Bonchev–Trinajstić information content (AvgIpc) is 3.34. The Bertz CT molecular complexity index is 1660. The molecule has 0 spiro atoms. The van der Waals surface area contributed by atoms with E-state index in [1.165, 1.54) is 7.11 Å². The Balaban J connectivity index is 1.66. The monoisotopic (exact) mass is 554 g/mol. The van der Waals surface area contributed by atoms with Gasteiger partial charge in [0.1, 0.15) is 0 Å². The molecule has 1 amide bonds. The number of benzene rings is 3. The normalized spacial score (nSPS) is 10.9. The van der Waals surface area contributed by atoms with Crippen LogP contribution >= 0.6 is 15.9 Å². The Hall–Kier alpha value is -4.30. The van der Waals surface area contributed by atoms with Crippen LogP contribution in [0.1, 0.15) is 26.3 Å². The van der Waals surface area contributed by atoms with Crippen LogP contribution in [0.25, 0.3) is 33.4 Å². The molecule has 0 unspecified atom stereocenters. The lowest BCUT2D eigenvalue weighted by Gasteiger charge is -2.17. The third kappa shape index (κ3) is 4.63. The average molecular weight is 555 g/mol. The van der Waals surface area contributed by atoms with Crippen molar-refractivity contribution in [2.24, 2.45) is 7.05 Å². The highest BCUT2D eigenvalue weighted by molar-refractivity contribution is 9.10. The van der Waals surface area contributed by atoms with Gasteiger partial charge in [-0.2, -0.15) is 0 Å². The number of hydrogen-bond donors (Lipinski definition) is 1. The van der Waals surface area contributed by atoms with Gasteiger partial charge in [0, 0.05) is 28.0 Å². The summed E-state index contributed by atoms with van der Waals surface area (Å²) in [7, 11) is 3.19. The number of imidazole rings is 1. The first-order valence-electron chi connectivity index (χ1n) is 11.5. The number of esters is 1. The predicted octanol–water partition coefficient (Wildman–Crippen LogP) is 6.41. The van der Waals surface area contributed by atoms with Gasteiger partial charge in [-0.25, -0.2) is 14.8 Å². The van der Waals surface area contributed by atoms with Crippen LogP contribution in [-0.2, 0) is 11.8 Å². The van der Waals surface area contributed by atoms with Crippen LogP contribution in [0.15, 0.2) is 83.7 Å². The van der Waals surface area contributed by atoms with Crippen molar-refractivity contribution in [1.29, 1.82) is 0 Å². The molecule has 0 saturated carbocycles. The number of hydrogen-bond acceptors (Lipinski definition) is 5. The highest BCUT2D eigenvalue weighted by Crippen LogP contribution is 2.34. The van der Waals surface area contributed by atoms with Gasteiger partial charge in [-0.15, -0.1) is 0 Å². The number of nitrogens with zero attached hydrogens (tertiary/aromatic N) is 3. The van der Waals surface area contributed by atoms with Crippen molar-refractivity contribution in [3.8, 4) is 22.5 Å². The van der Waals surface area contributed by atoms with E-state index in [2.05, 4.69) is 26.2 Å². The molecule has 184 valence electrons. The first kappa shape index (κ1) is 24.4. The molecule has 8 heteroatoms. The first-order valence-corrected chi connectivity index (χ1v) is 12.3. The number of anilines is 1. The summed E-state index contributed by atoms with van der Waals surface area (Å²) in [6.07, 6.45) is 3.35. The third-order valence-corrected chi connectivity index (χ3v) is 6.74. The van der Waals surface area contributed by atoms with Crippen LogP contribution in [0.4, 0.5) is 5.69 Å². The summed E-state index contributed by atoms with van der Waals surface area (Å²) < 4.78 is 7.57. The molecular weight excluding hydrogens is 532 g/mol. The minimum absolute atomic E-state index is 0.283. The van der Waals surface area contributed by atoms with Gasteiger partial charge in [-0.3, -0.25) is 4.79 Å². The van der Waals surface area contributed by atoms with Crippen LogP contribution in [0.2, 0.25) is 0 Å². The summed E-state index contributed by atoms with van der Waals surface area (Å²) in [6.45, 7) is 1.91. The minimum atomic E-state index is -0.463. The number of methoxy groups -OCH3 is 1. The number of nitrogens with one attached hydrogen (secondary N) is 1. The lowest BCUT2D eigenvalue weighted by atomic mass is 9.97. The molecule has 0 atom stereocenters. The molecule has 7 nitrogen and oxygen atoms in total. The van der Waals surface area contributed by atoms with Crippen molar-refractivity contribution < 1.29 is 14.3 Å². The number of aryl methyl sites for hydroxylation is 1. The molecule has 37 heavy (non-hydrogen) atoms. The van der Waals surface area contributed by atoms with Crippen molar-refractivity contribution in [2.75, 3.05) is 12.4 Å². The number of amides is 1. The van der Waals surface area contributed by atoms with Crippen molar-refractivity contribution in [1.82, 2.24) is 14.5 Å². The second kappa shape index (κ2) is 9.99. The van der Waals surface area contributed by atoms with Crippen LogP contribution in [0.3, 0.4) is 0 Å². The van der Waals surface area contributed by atoms with Crippen LogP contribution in [0, 0.1) is 6.92 Å². The van der Waals surface area contributed by atoms with E-state index in [1.54, 1.807) is 30.7 Å². The first-order chi connectivity index (χ1) is 17.9. The van der Waals surface area contributed by atoms with Crippen LogP contribution < -0.4 is 5.32 Å². The van der Waals surface area contributed by atoms with E-state index in [0.717, 1.165) is 32.4 Å². The standard InChI is InChI=1S/C29H23BrN4O3/c1-17-26(22-14-20(30)10-12-24(22)32-27(17)18-7-5-4-6-8-18)28(35)33-23-11-9-19(29(36)37-3)13-21(23)25-15-31-16-34(25)2/h4-16H,1-3H3,(H,33,35). The Morgan fingerprint density at radius 1 is 1.03 bits per heavy atom. The summed E-state index contributed by atoms with van der Waals surface area (Å²) in [6, 6.07) is 20.6. The molecule has 5 aromatic rings. The van der Waals surface area contributed by atoms with E-state index in [4.69, 9.17) is 9.72 Å². The van der Waals surface area contributed by atoms with Gasteiger partial charge < -0.3 is 14.6 Å². The Morgan fingerprint density at radius 2 is 1.81 bits per heavy atom. The van der Waals surface area contributed by atoms with Crippen LogP contribution in [-0.4, -0.2) is 33.5 Å². The summed E-state index contributed by atoms with van der Waals surface area (Å²) in [5.41, 5.74) is 5.98. The van der Waals surface area contributed by atoms with Gasteiger partial charge in [0.2, 0.25) is 0 Å². The third-order valence-electron chi connectivity index (χ3n) is 6.25.